The number of ether oxygens (including phenoxy) is 2. The van der Waals surface area contributed by atoms with Crippen molar-refractivity contribution in [1.82, 2.24) is 19.7 Å². The highest BCUT2D eigenvalue weighted by molar-refractivity contribution is 7.15. The van der Waals surface area contributed by atoms with Gasteiger partial charge in [0.05, 0.1) is 6.54 Å². The minimum absolute atomic E-state index is 0.134. The van der Waals surface area contributed by atoms with Crippen LogP contribution in [0.15, 0.2) is 24.3 Å². The Balaban J connectivity index is 1.68. The summed E-state index contributed by atoms with van der Waals surface area (Å²) < 4.78 is 10.00. The lowest BCUT2D eigenvalue weighted by molar-refractivity contribution is -0.155. The molecule has 0 radical (unpaired) electrons. The van der Waals surface area contributed by atoms with Gasteiger partial charge in [-0.05, 0) is 42.6 Å². The summed E-state index contributed by atoms with van der Waals surface area (Å²) >= 11 is 7.08. The first-order valence-corrected chi connectivity index (χ1v) is 9.97. The van der Waals surface area contributed by atoms with Gasteiger partial charge in [-0.2, -0.15) is 0 Å². The second kappa shape index (κ2) is 7.92. The van der Waals surface area contributed by atoms with Gasteiger partial charge >= 0.3 is 11.1 Å². The number of hydrogen-bond acceptors (Lipinski definition) is 8. The van der Waals surface area contributed by atoms with Crippen LogP contribution in [0.1, 0.15) is 25.8 Å². The van der Waals surface area contributed by atoms with Crippen molar-refractivity contribution in [3.8, 4) is 5.75 Å². The number of halogens is 1. The van der Waals surface area contributed by atoms with Crippen LogP contribution in [-0.2, 0) is 14.9 Å². The molecule has 2 atom stereocenters. The number of carbonyl (C=O) groups is 1. The summed E-state index contributed by atoms with van der Waals surface area (Å²) in [5.74, 6) is -0.124. The summed E-state index contributed by atoms with van der Waals surface area (Å²) in [5, 5.41) is 23.4. The summed E-state index contributed by atoms with van der Waals surface area (Å²) in [5.41, 5.74) is -0.209. The van der Waals surface area contributed by atoms with Crippen LogP contribution >= 0.6 is 22.9 Å². The molecule has 0 N–H and O–H groups in total. The molecule has 1 aliphatic rings. The standard InChI is InChI=1S/C18H23ClN4O4S/c1-18(2,3)16-20-21-17(28-16)23(25)11-22(4)9-14(23)27-15(24)10-26-13-7-5-12(19)6-8-13/h5-8,14H,9-11H2,1-4H3. The van der Waals surface area contributed by atoms with E-state index in [1.807, 2.05) is 25.7 Å². The van der Waals surface area contributed by atoms with E-state index in [2.05, 4.69) is 10.2 Å². The molecule has 2 aromatic rings. The Kier molecular flexibility index (Phi) is 5.92. The highest BCUT2D eigenvalue weighted by atomic mass is 35.5. The largest absolute Gasteiger partial charge is 0.622 e. The second-order valence-corrected chi connectivity index (χ2v) is 9.19. The van der Waals surface area contributed by atoms with Crippen LogP contribution < -0.4 is 9.38 Å². The van der Waals surface area contributed by atoms with Crippen molar-refractivity contribution in [2.45, 2.75) is 32.4 Å². The maximum absolute atomic E-state index is 13.5. The molecule has 0 spiro atoms. The third-order valence-corrected chi connectivity index (χ3v) is 5.91. The van der Waals surface area contributed by atoms with Crippen molar-refractivity contribution in [2.75, 3.05) is 26.9 Å². The average Bonchev–Trinajstić information content (AvgIpc) is 3.20. The zero-order valence-corrected chi connectivity index (χ0v) is 17.8. The normalized spacial score (nSPS) is 23.0. The quantitative estimate of drug-likeness (QED) is 0.412. The van der Waals surface area contributed by atoms with E-state index in [9.17, 15) is 10.0 Å². The van der Waals surface area contributed by atoms with E-state index in [-0.39, 0.29) is 23.8 Å². The van der Waals surface area contributed by atoms with Crippen LogP contribution in [0.3, 0.4) is 0 Å². The van der Waals surface area contributed by atoms with Crippen molar-refractivity contribution in [1.29, 1.82) is 0 Å². The van der Waals surface area contributed by atoms with E-state index in [1.165, 1.54) is 11.3 Å². The lowest BCUT2D eigenvalue weighted by Gasteiger charge is -2.38. The average molecular weight is 427 g/mol. The molecule has 0 saturated carbocycles. The summed E-state index contributed by atoms with van der Waals surface area (Å²) in [6, 6.07) is 6.64. The first kappa shape index (κ1) is 20.9. The Hall–Kier alpha value is -1.78. The van der Waals surface area contributed by atoms with Gasteiger partial charge in [0.2, 0.25) is 0 Å². The number of hydrogen-bond donors (Lipinski definition) is 0. The summed E-state index contributed by atoms with van der Waals surface area (Å²) in [7, 11) is 1.80. The molecule has 1 saturated heterocycles. The van der Waals surface area contributed by atoms with Gasteiger partial charge < -0.3 is 14.7 Å². The number of benzene rings is 1. The van der Waals surface area contributed by atoms with E-state index < -0.39 is 16.8 Å². The van der Waals surface area contributed by atoms with Crippen molar-refractivity contribution in [2.24, 2.45) is 0 Å². The number of likely N-dealkylation sites (N-methyl/N-ethyl adjacent to an activating group) is 1. The zero-order valence-electron chi connectivity index (χ0n) is 16.2. The molecule has 10 heteroatoms. The summed E-state index contributed by atoms with van der Waals surface area (Å²) in [4.78, 5) is 14.1. The van der Waals surface area contributed by atoms with Crippen LogP contribution in [0.4, 0.5) is 5.13 Å². The smallest absolute Gasteiger partial charge is 0.348 e. The number of hydroxylamine groups is 2. The fraction of sp³-hybridized carbons (Fsp3) is 0.500. The molecule has 0 amide bonds. The second-order valence-electron chi connectivity index (χ2n) is 7.80. The Morgan fingerprint density at radius 2 is 2.04 bits per heavy atom. The summed E-state index contributed by atoms with van der Waals surface area (Å²) in [6.07, 6.45) is -0.924. The Labute approximate surface area is 172 Å². The van der Waals surface area contributed by atoms with Crippen molar-refractivity contribution in [3.63, 3.8) is 0 Å². The van der Waals surface area contributed by atoms with E-state index in [0.29, 0.717) is 17.3 Å². The number of nitrogens with zero attached hydrogens (tertiary/aromatic N) is 4. The molecular formula is C18H23ClN4O4S. The highest BCUT2D eigenvalue weighted by Gasteiger charge is 2.45. The number of quaternary nitrogens is 1. The predicted molar refractivity (Wildman–Crippen MR) is 108 cm³/mol. The first-order chi connectivity index (χ1) is 13.1. The predicted octanol–water partition coefficient (Wildman–Crippen LogP) is 3.15. The molecule has 3 rings (SSSR count). The maximum atomic E-state index is 13.5. The van der Waals surface area contributed by atoms with Gasteiger partial charge in [-0.25, -0.2) is 9.69 Å². The van der Waals surface area contributed by atoms with E-state index >= 15 is 0 Å². The highest BCUT2D eigenvalue weighted by Crippen LogP contribution is 2.37. The van der Waals surface area contributed by atoms with Crippen LogP contribution in [-0.4, -0.2) is 54.2 Å². The van der Waals surface area contributed by atoms with Crippen LogP contribution in [0.2, 0.25) is 5.02 Å². The van der Waals surface area contributed by atoms with Gasteiger partial charge in [-0.3, -0.25) is 4.65 Å². The molecule has 2 heterocycles. The number of rotatable bonds is 5. The monoisotopic (exact) mass is 426 g/mol. The molecule has 0 bridgehead atoms. The molecule has 2 unspecified atom stereocenters. The molecule has 1 fully saturated rings. The molecular weight excluding hydrogens is 404 g/mol. The zero-order chi connectivity index (χ0) is 20.5. The van der Waals surface area contributed by atoms with E-state index in [1.54, 1.807) is 31.3 Å². The topological polar surface area (TPSA) is 87.6 Å². The SMILES string of the molecule is CN1CC(OC(=O)COc2ccc(Cl)cc2)[N+]([O-])(c2nnc(C(C)(C)C)s2)C1. The molecule has 0 aliphatic carbocycles. The molecule has 1 aromatic carbocycles. The number of esters is 1. The maximum Gasteiger partial charge on any atom is 0.348 e. The molecule has 152 valence electrons. The minimum atomic E-state index is -0.924. The van der Waals surface area contributed by atoms with Crippen LogP contribution in [0.5, 0.6) is 5.75 Å². The van der Waals surface area contributed by atoms with Gasteiger partial charge in [-0.1, -0.05) is 37.5 Å². The Bertz CT molecular complexity index is 839. The van der Waals surface area contributed by atoms with Crippen LogP contribution in [0, 0.1) is 5.21 Å². The number of aromatic nitrogens is 2. The lowest BCUT2D eigenvalue weighted by Crippen LogP contribution is -2.51. The molecule has 1 aromatic heterocycles. The lowest BCUT2D eigenvalue weighted by atomic mass is 9.98. The van der Waals surface area contributed by atoms with Crippen molar-refractivity contribution >= 4 is 34.0 Å². The minimum Gasteiger partial charge on any atom is -0.622 e. The summed E-state index contributed by atoms with van der Waals surface area (Å²) in [6.45, 7) is 6.16. The fourth-order valence-corrected chi connectivity index (χ4v) is 3.84. The first-order valence-electron chi connectivity index (χ1n) is 8.77. The van der Waals surface area contributed by atoms with Crippen LogP contribution in [0.25, 0.3) is 0 Å². The molecule has 8 nitrogen and oxygen atoms in total. The van der Waals surface area contributed by atoms with Gasteiger partial charge in [0.1, 0.15) is 17.4 Å². The van der Waals surface area contributed by atoms with Gasteiger partial charge in [0.15, 0.2) is 6.61 Å². The molecule has 28 heavy (non-hydrogen) atoms. The van der Waals surface area contributed by atoms with Gasteiger partial charge in [-0.15, -0.1) is 5.10 Å². The third kappa shape index (κ3) is 4.61. The fourth-order valence-electron chi connectivity index (χ4n) is 2.74. The van der Waals surface area contributed by atoms with Gasteiger partial charge in [0.25, 0.3) is 6.23 Å². The van der Waals surface area contributed by atoms with E-state index in [0.717, 1.165) is 5.01 Å². The Morgan fingerprint density at radius 1 is 1.36 bits per heavy atom. The third-order valence-electron chi connectivity index (χ3n) is 4.20. The van der Waals surface area contributed by atoms with Crippen molar-refractivity contribution < 1.29 is 14.3 Å². The van der Waals surface area contributed by atoms with E-state index in [4.69, 9.17) is 21.1 Å². The molecule has 1 aliphatic heterocycles. The van der Waals surface area contributed by atoms with Crippen molar-refractivity contribution in [3.05, 3.63) is 39.5 Å². The Morgan fingerprint density at radius 3 is 2.64 bits per heavy atom. The van der Waals surface area contributed by atoms with Gasteiger partial charge in [0, 0.05) is 10.4 Å². The number of carbonyl (C=O) groups excluding carboxylic acids is 1.